The summed E-state index contributed by atoms with van der Waals surface area (Å²) in [7, 11) is 0. The first-order valence-corrected chi connectivity index (χ1v) is 24.5. The van der Waals surface area contributed by atoms with Gasteiger partial charge in [-0.2, -0.15) is 0 Å². The van der Waals surface area contributed by atoms with Crippen LogP contribution >= 0.6 is 0 Å². The molecule has 3 aliphatic carbocycles. The second-order valence-electron chi connectivity index (χ2n) is 19.4. The molecule has 12 aromatic rings. The van der Waals surface area contributed by atoms with Crippen molar-refractivity contribution in [1.29, 1.82) is 0 Å². The Kier molecular flexibility index (Phi) is 7.51. The molecule has 2 heteroatoms. The molecule has 2 nitrogen and oxygen atoms in total. The van der Waals surface area contributed by atoms with Gasteiger partial charge in [0.2, 0.25) is 0 Å². The van der Waals surface area contributed by atoms with Crippen LogP contribution in [0.5, 0.6) is 0 Å². The van der Waals surface area contributed by atoms with E-state index in [0.29, 0.717) is 0 Å². The topological polar surface area (TPSA) is 8.17 Å². The number of rotatable bonds is 4. The molecule has 1 aromatic heterocycles. The van der Waals surface area contributed by atoms with Crippen molar-refractivity contribution in [2.75, 3.05) is 4.90 Å². The molecule has 0 bridgehead atoms. The van der Waals surface area contributed by atoms with Crippen molar-refractivity contribution < 1.29 is 0 Å². The van der Waals surface area contributed by atoms with Gasteiger partial charge in [0, 0.05) is 27.6 Å². The summed E-state index contributed by atoms with van der Waals surface area (Å²) in [5.41, 5.74) is 27.0. The fraction of sp³-hybridized carbons (Fsp3) is 0.0294. The highest BCUT2D eigenvalue weighted by Gasteiger charge is 2.53. The van der Waals surface area contributed by atoms with Crippen molar-refractivity contribution in [3.05, 3.63) is 299 Å². The van der Waals surface area contributed by atoms with E-state index in [1.165, 1.54) is 117 Å². The van der Waals surface area contributed by atoms with Gasteiger partial charge in [-0.05, 0) is 114 Å². The quantitative estimate of drug-likeness (QED) is 0.171. The van der Waals surface area contributed by atoms with Gasteiger partial charge in [-0.1, -0.05) is 218 Å². The molecule has 0 saturated heterocycles. The summed E-state index contributed by atoms with van der Waals surface area (Å²) in [4.78, 5) is 2.56. The second-order valence-corrected chi connectivity index (χ2v) is 19.4. The zero-order valence-corrected chi connectivity index (χ0v) is 38.1. The maximum atomic E-state index is 2.56. The van der Waals surface area contributed by atoms with Crippen molar-refractivity contribution >= 4 is 38.9 Å². The van der Waals surface area contributed by atoms with E-state index >= 15 is 0 Å². The molecule has 2 spiro atoms. The van der Waals surface area contributed by atoms with Gasteiger partial charge in [-0.3, -0.25) is 0 Å². The Balaban J connectivity index is 1.00. The molecule has 11 aromatic carbocycles. The predicted octanol–water partition coefficient (Wildman–Crippen LogP) is 16.9. The standard InChI is InChI=1S/C68H42N2/c1-2-20-43(21-3-1)45-22-9-16-37-61(45)69(64-39-19-35-59-65(64)51-27-8-14-33-57(51)67(59)53-29-10-4-23-46(53)47-24-5-11-30-54(47)67)44-40-41-62-52(42-44)50-28-18-36-60-66(50)70(62)63-38-17-15-34-58(63)68(60)55-31-12-6-25-48(55)49-26-7-13-32-56(49)68/h1-42H. The first kappa shape index (κ1) is 38.0. The molecule has 2 heterocycles. The third kappa shape index (κ3) is 4.55. The van der Waals surface area contributed by atoms with E-state index in [1.54, 1.807) is 0 Å². The van der Waals surface area contributed by atoms with Crippen molar-refractivity contribution in [3.8, 4) is 50.2 Å². The number of aromatic nitrogens is 1. The largest absolute Gasteiger partial charge is 0.309 e. The van der Waals surface area contributed by atoms with Gasteiger partial charge < -0.3 is 9.47 Å². The second kappa shape index (κ2) is 13.8. The summed E-state index contributed by atoms with van der Waals surface area (Å²) in [5, 5.41) is 2.48. The lowest BCUT2D eigenvalue weighted by atomic mass is 9.65. The van der Waals surface area contributed by atoms with Crippen LogP contribution in [0.3, 0.4) is 0 Å². The van der Waals surface area contributed by atoms with E-state index in [0.717, 1.165) is 17.1 Å². The van der Waals surface area contributed by atoms with E-state index in [-0.39, 0.29) is 0 Å². The van der Waals surface area contributed by atoms with Crippen LogP contribution in [-0.2, 0) is 10.8 Å². The van der Waals surface area contributed by atoms with E-state index in [2.05, 4.69) is 264 Å². The van der Waals surface area contributed by atoms with Gasteiger partial charge in [0.05, 0.1) is 38.9 Å². The number of benzene rings is 11. The lowest BCUT2D eigenvalue weighted by molar-refractivity contribution is 0.748. The highest BCUT2D eigenvalue weighted by atomic mass is 15.2. The van der Waals surface area contributed by atoms with Crippen LogP contribution in [0.15, 0.2) is 255 Å². The van der Waals surface area contributed by atoms with Crippen LogP contribution in [0, 0.1) is 0 Å². The minimum Gasteiger partial charge on any atom is -0.309 e. The van der Waals surface area contributed by atoms with Gasteiger partial charge in [-0.15, -0.1) is 0 Å². The highest BCUT2D eigenvalue weighted by molar-refractivity contribution is 6.14. The molecular formula is C68H42N2. The first-order chi connectivity index (χ1) is 34.8. The first-order valence-electron chi connectivity index (χ1n) is 24.5. The Hall–Kier alpha value is -8.98. The minimum absolute atomic E-state index is 0.469. The van der Waals surface area contributed by atoms with Crippen LogP contribution in [0.1, 0.15) is 44.5 Å². The van der Waals surface area contributed by atoms with Crippen molar-refractivity contribution in [1.82, 2.24) is 4.57 Å². The molecule has 0 unspecified atom stereocenters. The molecule has 16 rings (SSSR count). The smallest absolute Gasteiger partial charge is 0.0754 e. The van der Waals surface area contributed by atoms with Crippen LogP contribution < -0.4 is 4.90 Å². The van der Waals surface area contributed by atoms with E-state index in [1.807, 2.05) is 0 Å². The lowest BCUT2D eigenvalue weighted by Gasteiger charge is -2.39. The summed E-state index contributed by atoms with van der Waals surface area (Å²) in [6, 6.07) is 95.9. The molecule has 4 aliphatic rings. The Morgan fingerprint density at radius 1 is 0.300 bits per heavy atom. The number of para-hydroxylation sites is 3. The summed E-state index contributed by atoms with van der Waals surface area (Å²) in [6.45, 7) is 0. The van der Waals surface area contributed by atoms with Crippen LogP contribution in [-0.4, -0.2) is 4.57 Å². The fourth-order valence-electron chi connectivity index (χ4n) is 13.9. The number of fused-ring (bicyclic) bond motifs is 22. The van der Waals surface area contributed by atoms with Crippen LogP contribution in [0.25, 0.3) is 72.0 Å². The van der Waals surface area contributed by atoms with Crippen LogP contribution in [0.2, 0.25) is 0 Å². The average molecular weight is 887 g/mol. The van der Waals surface area contributed by atoms with Gasteiger partial charge >= 0.3 is 0 Å². The third-order valence-corrected chi connectivity index (χ3v) is 16.4. The molecule has 1 aliphatic heterocycles. The lowest BCUT2D eigenvalue weighted by Crippen LogP contribution is -2.33. The maximum Gasteiger partial charge on any atom is 0.0754 e. The van der Waals surface area contributed by atoms with Gasteiger partial charge in [0.15, 0.2) is 0 Å². The number of anilines is 3. The van der Waals surface area contributed by atoms with E-state index in [4.69, 9.17) is 0 Å². The van der Waals surface area contributed by atoms with Crippen molar-refractivity contribution in [2.24, 2.45) is 0 Å². The third-order valence-electron chi connectivity index (χ3n) is 16.4. The molecule has 0 radical (unpaired) electrons. The molecule has 0 amide bonds. The molecule has 0 N–H and O–H groups in total. The van der Waals surface area contributed by atoms with E-state index in [9.17, 15) is 0 Å². The maximum absolute atomic E-state index is 2.56. The minimum atomic E-state index is -0.470. The van der Waals surface area contributed by atoms with Gasteiger partial charge in [0.1, 0.15) is 0 Å². The number of hydrogen-bond acceptors (Lipinski definition) is 1. The summed E-state index contributed by atoms with van der Waals surface area (Å²) in [6.07, 6.45) is 0. The summed E-state index contributed by atoms with van der Waals surface area (Å²) >= 11 is 0. The highest BCUT2D eigenvalue weighted by Crippen LogP contribution is 2.66. The number of nitrogens with zero attached hydrogens (tertiary/aromatic N) is 2. The van der Waals surface area contributed by atoms with Gasteiger partial charge in [-0.25, -0.2) is 0 Å². The Morgan fingerprint density at radius 3 is 1.40 bits per heavy atom. The average Bonchev–Trinajstić information content (AvgIpc) is 4.14. The Labute approximate surface area is 406 Å². The van der Waals surface area contributed by atoms with E-state index < -0.39 is 10.8 Å². The summed E-state index contributed by atoms with van der Waals surface area (Å²) < 4.78 is 2.56. The molecule has 324 valence electrons. The SMILES string of the molecule is c1ccc(-c2ccccc2N(c2ccc3c(c2)c2cccc4c2n3-c2ccccc2C42c3ccccc3-c3ccccc32)c2cccc3c2-c2ccccc2C32c3ccccc3-c3ccccc32)cc1. The monoisotopic (exact) mass is 886 g/mol. The molecular weight excluding hydrogens is 845 g/mol. The molecule has 70 heavy (non-hydrogen) atoms. The number of hydrogen-bond donors (Lipinski definition) is 0. The van der Waals surface area contributed by atoms with Gasteiger partial charge in [0.25, 0.3) is 0 Å². The Morgan fingerprint density at radius 2 is 0.757 bits per heavy atom. The normalized spacial score (nSPS) is 14.2. The zero-order chi connectivity index (χ0) is 45.7. The predicted molar refractivity (Wildman–Crippen MR) is 288 cm³/mol. The van der Waals surface area contributed by atoms with Crippen LogP contribution in [0.4, 0.5) is 17.1 Å². The molecule has 0 atom stereocenters. The molecule has 0 fully saturated rings. The summed E-state index contributed by atoms with van der Waals surface area (Å²) in [5.74, 6) is 0. The zero-order valence-electron chi connectivity index (χ0n) is 38.1. The van der Waals surface area contributed by atoms with Crippen molar-refractivity contribution in [2.45, 2.75) is 10.8 Å². The van der Waals surface area contributed by atoms with Crippen molar-refractivity contribution in [3.63, 3.8) is 0 Å². The fourth-order valence-corrected chi connectivity index (χ4v) is 13.9. The Bertz CT molecular complexity index is 4120. The molecule has 0 saturated carbocycles.